The van der Waals surface area contributed by atoms with E-state index in [0.29, 0.717) is 37.7 Å². The molecular formula is C24H30FN3O3S. The molecule has 0 radical (unpaired) electrons. The number of nitrogens with zero attached hydrogens (tertiary/aromatic N) is 2. The summed E-state index contributed by atoms with van der Waals surface area (Å²) in [7, 11) is -3.71. The van der Waals surface area contributed by atoms with Crippen LogP contribution in [0.4, 0.5) is 10.1 Å². The number of halogens is 1. The number of hydrogen-bond donors (Lipinski definition) is 1. The molecule has 2 fully saturated rings. The van der Waals surface area contributed by atoms with Crippen molar-refractivity contribution in [2.45, 2.75) is 43.5 Å². The summed E-state index contributed by atoms with van der Waals surface area (Å²) in [5, 5.41) is 3.09. The van der Waals surface area contributed by atoms with Crippen molar-refractivity contribution in [1.29, 1.82) is 0 Å². The smallest absolute Gasteiger partial charge is 0.251 e. The summed E-state index contributed by atoms with van der Waals surface area (Å²) in [6.07, 6.45) is 4.36. The van der Waals surface area contributed by atoms with E-state index >= 15 is 0 Å². The van der Waals surface area contributed by atoms with E-state index in [1.54, 1.807) is 30.3 Å². The molecule has 1 amide bonds. The predicted molar refractivity (Wildman–Crippen MR) is 123 cm³/mol. The van der Waals surface area contributed by atoms with Crippen LogP contribution >= 0.6 is 0 Å². The molecule has 1 saturated heterocycles. The Labute approximate surface area is 189 Å². The minimum atomic E-state index is -3.71. The van der Waals surface area contributed by atoms with Gasteiger partial charge in [0.05, 0.1) is 4.90 Å². The maximum atomic E-state index is 13.2. The Morgan fingerprint density at radius 1 is 1.00 bits per heavy atom. The number of carbonyl (C=O) groups excluding carboxylic acids is 1. The summed E-state index contributed by atoms with van der Waals surface area (Å²) in [5.74, 6) is -0.0872. The van der Waals surface area contributed by atoms with Crippen molar-refractivity contribution in [3.8, 4) is 0 Å². The van der Waals surface area contributed by atoms with Gasteiger partial charge in [-0.05, 0) is 61.2 Å². The van der Waals surface area contributed by atoms with Gasteiger partial charge in [0.15, 0.2) is 0 Å². The van der Waals surface area contributed by atoms with Gasteiger partial charge >= 0.3 is 0 Å². The number of nitrogens with one attached hydrogen (secondary N) is 1. The number of sulfonamides is 1. The van der Waals surface area contributed by atoms with Gasteiger partial charge in [0.25, 0.3) is 5.91 Å². The van der Waals surface area contributed by atoms with E-state index in [9.17, 15) is 17.6 Å². The number of amides is 1. The van der Waals surface area contributed by atoms with Crippen LogP contribution in [-0.4, -0.2) is 50.9 Å². The molecule has 2 unspecified atom stereocenters. The molecule has 0 spiro atoms. The van der Waals surface area contributed by atoms with Gasteiger partial charge in [0.1, 0.15) is 5.82 Å². The molecule has 1 saturated carbocycles. The highest BCUT2D eigenvalue weighted by molar-refractivity contribution is 7.89. The second-order valence-corrected chi connectivity index (χ2v) is 10.7. The summed E-state index contributed by atoms with van der Waals surface area (Å²) >= 11 is 0. The Morgan fingerprint density at radius 3 is 2.38 bits per heavy atom. The lowest BCUT2D eigenvalue weighted by atomic mass is 9.86. The standard InChI is InChI=1S/C24H30FN3O3S/c1-18-5-2-3-8-23(18)26-24(29)19-6-4-7-22(17-19)32(30,31)28-15-13-27(14-16-28)21-11-9-20(25)10-12-21/h4,6-7,9-12,17-18,23H,2-3,5,8,13-16H2,1H3,(H,26,29). The fraction of sp³-hybridized carbons (Fsp3) is 0.458. The molecule has 4 rings (SSSR count). The predicted octanol–water partition coefficient (Wildman–Crippen LogP) is 3.65. The lowest BCUT2D eigenvalue weighted by Gasteiger charge is -2.35. The van der Waals surface area contributed by atoms with Crippen molar-refractivity contribution >= 4 is 21.6 Å². The van der Waals surface area contributed by atoms with Crippen LogP contribution in [0.5, 0.6) is 0 Å². The van der Waals surface area contributed by atoms with Crippen LogP contribution in [0.3, 0.4) is 0 Å². The molecule has 0 bridgehead atoms. The summed E-state index contributed by atoms with van der Waals surface area (Å²) < 4.78 is 41.1. The van der Waals surface area contributed by atoms with Gasteiger partial charge in [-0.1, -0.05) is 25.8 Å². The van der Waals surface area contributed by atoms with Crippen LogP contribution in [0.15, 0.2) is 53.4 Å². The van der Waals surface area contributed by atoms with Gasteiger partial charge in [-0.2, -0.15) is 4.31 Å². The topological polar surface area (TPSA) is 69.7 Å². The number of carbonyl (C=O) groups is 1. The van der Waals surface area contributed by atoms with Gasteiger partial charge in [0, 0.05) is 43.5 Å². The van der Waals surface area contributed by atoms with E-state index in [0.717, 1.165) is 24.9 Å². The molecule has 1 N–H and O–H groups in total. The van der Waals surface area contributed by atoms with E-state index in [1.165, 1.54) is 28.9 Å². The lowest BCUT2D eigenvalue weighted by Crippen LogP contribution is -2.48. The molecule has 172 valence electrons. The molecule has 32 heavy (non-hydrogen) atoms. The normalized spacial score (nSPS) is 22.5. The van der Waals surface area contributed by atoms with Crippen molar-refractivity contribution in [1.82, 2.24) is 9.62 Å². The van der Waals surface area contributed by atoms with Crippen LogP contribution in [0.1, 0.15) is 43.0 Å². The van der Waals surface area contributed by atoms with E-state index in [2.05, 4.69) is 12.2 Å². The van der Waals surface area contributed by atoms with Gasteiger partial charge in [-0.15, -0.1) is 0 Å². The summed E-state index contributed by atoms with van der Waals surface area (Å²) in [6, 6.07) is 12.7. The molecule has 0 aromatic heterocycles. The fourth-order valence-corrected chi connectivity index (χ4v) is 6.04. The maximum Gasteiger partial charge on any atom is 0.251 e. The van der Waals surface area contributed by atoms with Crippen LogP contribution in [-0.2, 0) is 10.0 Å². The Balaban J connectivity index is 1.43. The average Bonchev–Trinajstić information content (AvgIpc) is 2.81. The molecule has 1 heterocycles. The monoisotopic (exact) mass is 459 g/mol. The molecule has 1 aliphatic carbocycles. The van der Waals surface area contributed by atoms with Crippen molar-refractivity contribution < 1.29 is 17.6 Å². The maximum absolute atomic E-state index is 13.2. The van der Waals surface area contributed by atoms with Crippen LogP contribution < -0.4 is 10.2 Å². The van der Waals surface area contributed by atoms with Gasteiger partial charge < -0.3 is 10.2 Å². The Kier molecular flexibility index (Phi) is 6.81. The molecule has 2 aromatic rings. The van der Waals surface area contributed by atoms with Crippen LogP contribution in [0.2, 0.25) is 0 Å². The van der Waals surface area contributed by atoms with Crippen molar-refractivity contribution in [2.75, 3.05) is 31.1 Å². The van der Waals surface area contributed by atoms with Crippen molar-refractivity contribution in [3.63, 3.8) is 0 Å². The SMILES string of the molecule is CC1CCCCC1NC(=O)c1cccc(S(=O)(=O)N2CCN(c3ccc(F)cc3)CC2)c1. The first kappa shape index (κ1) is 22.7. The molecule has 2 aliphatic rings. The summed E-state index contributed by atoms with van der Waals surface area (Å²) in [6.45, 7) is 3.84. The van der Waals surface area contributed by atoms with Gasteiger partial charge in [0.2, 0.25) is 10.0 Å². The van der Waals surface area contributed by atoms with Crippen molar-refractivity contribution in [3.05, 3.63) is 59.9 Å². The van der Waals surface area contributed by atoms with E-state index in [-0.39, 0.29) is 22.7 Å². The third-order valence-corrected chi connectivity index (χ3v) is 8.49. The lowest BCUT2D eigenvalue weighted by molar-refractivity contribution is 0.0910. The zero-order chi connectivity index (χ0) is 22.7. The number of piperazine rings is 1. The van der Waals surface area contributed by atoms with Gasteiger partial charge in [-0.3, -0.25) is 4.79 Å². The number of anilines is 1. The third-order valence-electron chi connectivity index (χ3n) is 6.59. The quantitative estimate of drug-likeness (QED) is 0.741. The van der Waals surface area contributed by atoms with Crippen LogP contribution in [0.25, 0.3) is 0 Å². The van der Waals surface area contributed by atoms with Crippen molar-refractivity contribution in [2.24, 2.45) is 5.92 Å². The Bertz CT molecular complexity index is 1050. The van der Waals surface area contributed by atoms with E-state index in [4.69, 9.17) is 0 Å². The fourth-order valence-electron chi connectivity index (χ4n) is 4.57. The average molecular weight is 460 g/mol. The first-order chi connectivity index (χ1) is 15.3. The van der Waals surface area contributed by atoms with E-state index in [1.807, 2.05) is 4.90 Å². The molecule has 2 aromatic carbocycles. The number of hydrogen-bond acceptors (Lipinski definition) is 4. The molecule has 2 atom stereocenters. The second-order valence-electron chi connectivity index (χ2n) is 8.74. The zero-order valence-electron chi connectivity index (χ0n) is 18.3. The summed E-state index contributed by atoms with van der Waals surface area (Å²) in [4.78, 5) is 15.0. The number of rotatable bonds is 5. The third kappa shape index (κ3) is 4.96. The highest BCUT2D eigenvalue weighted by atomic mass is 32.2. The minimum absolute atomic E-state index is 0.135. The zero-order valence-corrected chi connectivity index (χ0v) is 19.2. The first-order valence-electron chi connectivity index (χ1n) is 11.3. The summed E-state index contributed by atoms with van der Waals surface area (Å²) in [5.41, 5.74) is 1.24. The van der Waals surface area contributed by atoms with E-state index < -0.39 is 10.0 Å². The molecule has 8 heteroatoms. The highest BCUT2D eigenvalue weighted by Gasteiger charge is 2.29. The minimum Gasteiger partial charge on any atom is -0.369 e. The second kappa shape index (κ2) is 9.58. The Morgan fingerprint density at radius 2 is 1.69 bits per heavy atom. The first-order valence-corrected chi connectivity index (χ1v) is 12.7. The largest absolute Gasteiger partial charge is 0.369 e. The Hall–Kier alpha value is -2.45. The van der Waals surface area contributed by atoms with Gasteiger partial charge in [-0.25, -0.2) is 12.8 Å². The number of benzene rings is 2. The van der Waals surface area contributed by atoms with Crippen LogP contribution in [0, 0.1) is 11.7 Å². The highest BCUT2D eigenvalue weighted by Crippen LogP contribution is 2.25. The molecular weight excluding hydrogens is 429 g/mol. The molecule has 6 nitrogen and oxygen atoms in total. The molecule has 1 aliphatic heterocycles.